The van der Waals surface area contributed by atoms with E-state index in [9.17, 15) is 9.59 Å². The zero-order valence-corrected chi connectivity index (χ0v) is 17.8. The second-order valence-corrected chi connectivity index (χ2v) is 7.43. The molecule has 9 nitrogen and oxygen atoms in total. The largest absolute Gasteiger partial charge is 0.493 e. The molecule has 0 saturated heterocycles. The van der Waals surface area contributed by atoms with E-state index in [1.165, 1.54) is 13.4 Å². The Labute approximate surface area is 187 Å². The Morgan fingerprint density at radius 2 is 2.13 bits per heavy atom. The molecule has 1 aromatic heterocycles. The van der Waals surface area contributed by atoms with Crippen LogP contribution in [0.1, 0.15) is 18.0 Å². The summed E-state index contributed by atoms with van der Waals surface area (Å²) in [6.45, 7) is -0.266. The number of methoxy groups -OCH3 is 1. The van der Waals surface area contributed by atoms with Gasteiger partial charge in [-0.15, -0.1) is 0 Å². The number of aromatic nitrogens is 3. The summed E-state index contributed by atoms with van der Waals surface area (Å²) in [5.41, 5.74) is 1.19. The van der Waals surface area contributed by atoms with Crippen LogP contribution < -0.4 is 20.1 Å². The van der Waals surface area contributed by atoms with Gasteiger partial charge in [-0.2, -0.15) is 10.1 Å². The highest BCUT2D eigenvalue weighted by Gasteiger charge is 2.28. The molecular weight excluding hydrogens is 445 g/mol. The van der Waals surface area contributed by atoms with Gasteiger partial charge in [0.2, 0.25) is 11.9 Å². The molecule has 0 unspecified atom stereocenters. The predicted octanol–water partition coefficient (Wildman–Crippen LogP) is 3.54. The highest BCUT2D eigenvalue weighted by molar-refractivity contribution is 6.44. The van der Waals surface area contributed by atoms with Gasteiger partial charge in [0.25, 0.3) is 5.91 Å². The summed E-state index contributed by atoms with van der Waals surface area (Å²) in [7, 11) is 1.49. The average molecular weight is 462 g/mol. The van der Waals surface area contributed by atoms with E-state index in [0.717, 1.165) is 5.56 Å². The van der Waals surface area contributed by atoms with Gasteiger partial charge >= 0.3 is 0 Å². The number of fused-ring (bicyclic) bond motifs is 1. The van der Waals surface area contributed by atoms with Crippen LogP contribution in [0.3, 0.4) is 0 Å². The molecule has 11 heteroatoms. The molecule has 0 fully saturated rings. The number of rotatable bonds is 6. The lowest BCUT2D eigenvalue weighted by Gasteiger charge is -2.24. The number of carbonyl (C=O) groups is 2. The summed E-state index contributed by atoms with van der Waals surface area (Å²) in [4.78, 5) is 28.3. The third kappa shape index (κ3) is 4.42. The van der Waals surface area contributed by atoms with Gasteiger partial charge in [-0.25, -0.2) is 4.68 Å². The Balaban J connectivity index is 1.47. The van der Waals surface area contributed by atoms with Gasteiger partial charge < -0.3 is 14.8 Å². The van der Waals surface area contributed by atoms with Crippen molar-refractivity contribution in [2.45, 2.75) is 12.5 Å². The number of nitrogens with zero attached hydrogens (tertiary/aromatic N) is 3. The first kappa shape index (κ1) is 21.0. The minimum absolute atomic E-state index is 0.152. The Kier molecular flexibility index (Phi) is 5.97. The van der Waals surface area contributed by atoms with Crippen LogP contribution >= 0.6 is 23.2 Å². The maximum atomic E-state index is 12.3. The molecule has 3 aromatic rings. The molecule has 0 bridgehead atoms. The molecule has 0 aliphatic carbocycles. The van der Waals surface area contributed by atoms with Gasteiger partial charge in [0.05, 0.1) is 35.3 Å². The van der Waals surface area contributed by atoms with Gasteiger partial charge in [0.15, 0.2) is 18.1 Å². The van der Waals surface area contributed by atoms with Crippen molar-refractivity contribution in [2.75, 3.05) is 24.4 Å². The fourth-order valence-electron chi connectivity index (χ4n) is 3.21. The van der Waals surface area contributed by atoms with Crippen LogP contribution in [0.5, 0.6) is 11.5 Å². The number of nitrogens with one attached hydrogen (secondary N) is 2. The van der Waals surface area contributed by atoms with Crippen molar-refractivity contribution in [1.29, 1.82) is 0 Å². The van der Waals surface area contributed by atoms with Crippen molar-refractivity contribution >= 4 is 46.7 Å². The van der Waals surface area contributed by atoms with Crippen LogP contribution in [0.2, 0.25) is 10.0 Å². The summed E-state index contributed by atoms with van der Waals surface area (Å²) in [6.07, 6.45) is 1.59. The molecular formula is C20H17Cl2N5O4. The smallest absolute Gasteiger partial charge is 0.262 e. The summed E-state index contributed by atoms with van der Waals surface area (Å²) in [6, 6.07) is 9.83. The van der Waals surface area contributed by atoms with Crippen molar-refractivity contribution in [2.24, 2.45) is 0 Å². The fourth-order valence-corrected chi connectivity index (χ4v) is 3.55. The predicted molar refractivity (Wildman–Crippen MR) is 115 cm³/mol. The van der Waals surface area contributed by atoms with E-state index in [-0.39, 0.29) is 30.0 Å². The summed E-state index contributed by atoms with van der Waals surface area (Å²) in [5, 5.41) is 10.1. The van der Waals surface area contributed by atoms with Crippen molar-refractivity contribution in [3.63, 3.8) is 0 Å². The number of amides is 2. The highest BCUT2D eigenvalue weighted by atomic mass is 35.5. The number of ether oxygens (including phenoxy) is 2. The van der Waals surface area contributed by atoms with E-state index >= 15 is 0 Å². The molecule has 0 spiro atoms. The third-order valence-electron chi connectivity index (χ3n) is 4.66. The Morgan fingerprint density at radius 3 is 2.94 bits per heavy atom. The Hall–Kier alpha value is -3.30. The van der Waals surface area contributed by atoms with E-state index < -0.39 is 5.91 Å². The van der Waals surface area contributed by atoms with Crippen LogP contribution in [0.4, 0.5) is 11.6 Å². The second kappa shape index (κ2) is 8.83. The van der Waals surface area contributed by atoms with Crippen LogP contribution in [0.15, 0.2) is 42.7 Å². The highest BCUT2D eigenvalue weighted by Crippen LogP contribution is 2.35. The molecule has 160 valence electrons. The monoisotopic (exact) mass is 461 g/mol. The molecule has 2 heterocycles. The van der Waals surface area contributed by atoms with Gasteiger partial charge in [-0.1, -0.05) is 35.3 Å². The molecule has 1 aliphatic heterocycles. The molecule has 0 saturated carbocycles. The quantitative estimate of drug-likeness (QED) is 0.581. The topological polar surface area (TPSA) is 107 Å². The van der Waals surface area contributed by atoms with Crippen LogP contribution in [0, 0.1) is 0 Å². The maximum absolute atomic E-state index is 12.3. The summed E-state index contributed by atoms with van der Waals surface area (Å²) < 4.78 is 12.7. The van der Waals surface area contributed by atoms with Gasteiger partial charge in [0.1, 0.15) is 6.33 Å². The zero-order valence-electron chi connectivity index (χ0n) is 16.3. The van der Waals surface area contributed by atoms with Crippen molar-refractivity contribution in [1.82, 2.24) is 14.8 Å². The number of hydrogen-bond acceptors (Lipinski definition) is 6. The molecule has 1 atom stereocenters. The first-order valence-corrected chi connectivity index (χ1v) is 9.96. The molecule has 2 amide bonds. The van der Waals surface area contributed by atoms with E-state index in [1.54, 1.807) is 41.1 Å². The molecule has 2 N–H and O–H groups in total. The van der Waals surface area contributed by atoms with Crippen molar-refractivity contribution < 1.29 is 19.1 Å². The number of carbonyl (C=O) groups excluding carboxylic acids is 2. The standard InChI is InChI=1S/C20H17Cl2N5O4/c1-30-16-7-11(14-8-17(28)26-20-23-10-24-27(14)20)5-6-15(16)31-9-18(29)25-13-4-2-3-12(21)19(13)22/h2-7,10,14H,8-9H2,1H3,(H,25,29)(H,23,24,26,28)/t14-/m1/s1. The maximum Gasteiger partial charge on any atom is 0.262 e. The lowest BCUT2D eigenvalue weighted by atomic mass is 10.0. The first-order chi connectivity index (χ1) is 15.0. The van der Waals surface area contributed by atoms with Gasteiger partial charge in [-0.05, 0) is 29.8 Å². The Morgan fingerprint density at radius 1 is 1.29 bits per heavy atom. The molecule has 1 aliphatic rings. The lowest BCUT2D eigenvalue weighted by molar-refractivity contribution is -0.118. The SMILES string of the molecule is COc1cc([C@H]2CC(=O)Nc3ncnn32)ccc1OCC(=O)Nc1cccc(Cl)c1Cl. The van der Waals surface area contributed by atoms with Gasteiger partial charge in [-0.3, -0.25) is 14.9 Å². The van der Waals surface area contributed by atoms with Crippen LogP contribution in [-0.2, 0) is 9.59 Å². The zero-order chi connectivity index (χ0) is 22.0. The minimum Gasteiger partial charge on any atom is -0.493 e. The van der Waals surface area contributed by atoms with Crippen molar-refractivity contribution in [3.8, 4) is 11.5 Å². The van der Waals surface area contributed by atoms with E-state index in [4.69, 9.17) is 32.7 Å². The summed E-state index contributed by atoms with van der Waals surface area (Å²) >= 11 is 12.0. The normalized spacial score (nSPS) is 15.1. The van der Waals surface area contributed by atoms with E-state index in [2.05, 4.69) is 20.7 Å². The van der Waals surface area contributed by atoms with Crippen LogP contribution in [-0.4, -0.2) is 40.3 Å². The third-order valence-corrected chi connectivity index (χ3v) is 5.47. The minimum atomic E-state index is -0.411. The van der Waals surface area contributed by atoms with E-state index in [0.29, 0.717) is 28.2 Å². The van der Waals surface area contributed by atoms with Crippen molar-refractivity contribution in [3.05, 3.63) is 58.3 Å². The number of halogens is 2. The van der Waals surface area contributed by atoms with Gasteiger partial charge in [0, 0.05) is 0 Å². The van der Waals surface area contributed by atoms with Crippen LogP contribution in [0.25, 0.3) is 0 Å². The second-order valence-electron chi connectivity index (χ2n) is 6.64. The molecule has 2 aromatic carbocycles. The number of anilines is 2. The first-order valence-electron chi connectivity index (χ1n) is 9.20. The fraction of sp³-hybridized carbons (Fsp3) is 0.200. The van der Waals surface area contributed by atoms with E-state index in [1.807, 2.05) is 0 Å². The number of hydrogen-bond donors (Lipinski definition) is 2. The summed E-state index contributed by atoms with van der Waals surface area (Å²) in [5.74, 6) is 0.612. The molecule has 4 rings (SSSR count). The lowest BCUT2D eigenvalue weighted by Crippen LogP contribution is -2.29. The Bertz CT molecular complexity index is 1150. The molecule has 31 heavy (non-hydrogen) atoms. The average Bonchev–Trinajstić information content (AvgIpc) is 3.23. The number of benzene rings is 2. The molecule has 0 radical (unpaired) electrons.